The molecule has 0 aliphatic rings. The van der Waals surface area contributed by atoms with Gasteiger partial charge in [0, 0.05) is 0 Å². The first-order valence-corrected chi connectivity index (χ1v) is 4.16. The zero-order chi connectivity index (χ0) is 8.20. The molecule has 0 spiro atoms. The lowest BCUT2D eigenvalue weighted by atomic mass is 9.76. The first kappa shape index (κ1) is 9.96. The molecule has 0 aromatic carbocycles. The molecular weight excluding hydrogens is 124 g/mol. The van der Waals surface area contributed by atoms with Crippen LogP contribution in [-0.2, 0) is 5.11 Å². The Morgan fingerprint density at radius 2 is 1.60 bits per heavy atom. The summed E-state index contributed by atoms with van der Waals surface area (Å²) >= 11 is 0. The molecule has 0 amide bonds. The number of hydrogen-bond donors (Lipinski definition) is 0. The van der Waals surface area contributed by atoms with E-state index in [0.29, 0.717) is 5.92 Å². The van der Waals surface area contributed by atoms with Gasteiger partial charge in [-0.05, 0) is 11.3 Å². The molecule has 0 saturated carbocycles. The van der Waals surface area contributed by atoms with Crippen molar-refractivity contribution < 1.29 is 5.11 Å². The van der Waals surface area contributed by atoms with Crippen molar-refractivity contribution in [2.75, 3.05) is 6.61 Å². The molecule has 1 radical (unpaired) electrons. The Bertz CT molecular complexity index is 82.7. The van der Waals surface area contributed by atoms with E-state index < -0.39 is 0 Å². The molecule has 0 heterocycles. The van der Waals surface area contributed by atoms with Crippen molar-refractivity contribution in [2.45, 2.75) is 40.5 Å². The molecule has 0 fully saturated rings. The van der Waals surface area contributed by atoms with Gasteiger partial charge in [0.25, 0.3) is 0 Å². The second-order valence-corrected chi connectivity index (χ2v) is 3.65. The van der Waals surface area contributed by atoms with E-state index in [1.807, 2.05) is 0 Å². The van der Waals surface area contributed by atoms with Crippen molar-refractivity contribution in [1.82, 2.24) is 0 Å². The highest BCUT2D eigenvalue weighted by molar-refractivity contribution is 4.75. The van der Waals surface area contributed by atoms with Crippen LogP contribution in [-0.4, -0.2) is 6.61 Å². The second-order valence-electron chi connectivity index (χ2n) is 3.65. The van der Waals surface area contributed by atoms with Crippen molar-refractivity contribution in [1.29, 1.82) is 0 Å². The highest BCUT2D eigenvalue weighted by atomic mass is 16.3. The van der Waals surface area contributed by atoms with Gasteiger partial charge in [0.05, 0.1) is 6.61 Å². The van der Waals surface area contributed by atoms with Crippen LogP contribution in [0.5, 0.6) is 0 Å². The van der Waals surface area contributed by atoms with Crippen molar-refractivity contribution >= 4 is 0 Å². The van der Waals surface area contributed by atoms with Crippen molar-refractivity contribution in [3.05, 3.63) is 0 Å². The van der Waals surface area contributed by atoms with E-state index in [0.717, 1.165) is 12.8 Å². The summed E-state index contributed by atoms with van der Waals surface area (Å²) < 4.78 is 0. The smallest absolute Gasteiger partial charge is 0.0875 e. The van der Waals surface area contributed by atoms with Crippen LogP contribution in [0.15, 0.2) is 0 Å². The standard InChI is InChI=1S/C9H19O/c1-5-8(6-2)9(3,4)7-10/h8H,5-7H2,1-4H3. The fourth-order valence-corrected chi connectivity index (χ4v) is 1.51. The first-order valence-electron chi connectivity index (χ1n) is 4.16. The van der Waals surface area contributed by atoms with Gasteiger partial charge in [0.15, 0.2) is 0 Å². The summed E-state index contributed by atoms with van der Waals surface area (Å²) in [6.45, 7) is 8.51. The fourth-order valence-electron chi connectivity index (χ4n) is 1.51. The third-order valence-corrected chi connectivity index (χ3v) is 2.46. The summed E-state index contributed by atoms with van der Waals surface area (Å²) in [5.41, 5.74) is 0.00347. The SMILES string of the molecule is CCC(CC)C(C)(C)C[O]. The van der Waals surface area contributed by atoms with Crippen LogP contribution in [0, 0.1) is 11.3 Å². The Hall–Kier alpha value is -0.0400. The summed E-state index contributed by atoms with van der Waals surface area (Å²) in [5, 5.41) is 10.7. The second kappa shape index (κ2) is 3.97. The van der Waals surface area contributed by atoms with E-state index >= 15 is 0 Å². The highest BCUT2D eigenvalue weighted by Gasteiger charge is 2.26. The minimum Gasteiger partial charge on any atom is -0.236 e. The van der Waals surface area contributed by atoms with E-state index in [2.05, 4.69) is 27.7 Å². The van der Waals surface area contributed by atoms with Crippen molar-refractivity contribution in [3.8, 4) is 0 Å². The lowest BCUT2D eigenvalue weighted by Gasteiger charge is -2.30. The van der Waals surface area contributed by atoms with Gasteiger partial charge in [-0.3, -0.25) is 0 Å². The summed E-state index contributed by atoms with van der Waals surface area (Å²) in [5.74, 6) is 0.602. The molecule has 0 aromatic heterocycles. The summed E-state index contributed by atoms with van der Waals surface area (Å²) in [4.78, 5) is 0. The zero-order valence-corrected chi connectivity index (χ0v) is 7.61. The molecule has 0 unspecified atom stereocenters. The van der Waals surface area contributed by atoms with Crippen LogP contribution < -0.4 is 0 Å². The fraction of sp³-hybridized carbons (Fsp3) is 1.00. The van der Waals surface area contributed by atoms with Crippen molar-refractivity contribution in [2.24, 2.45) is 11.3 Å². The Morgan fingerprint density at radius 3 is 1.70 bits per heavy atom. The van der Waals surface area contributed by atoms with Crippen LogP contribution in [0.2, 0.25) is 0 Å². The number of rotatable bonds is 4. The normalized spacial score (nSPS) is 12.6. The lowest BCUT2D eigenvalue weighted by molar-refractivity contribution is 0.0450. The average molecular weight is 143 g/mol. The Balaban J connectivity index is 3.97. The molecule has 0 aliphatic carbocycles. The van der Waals surface area contributed by atoms with Gasteiger partial charge in [-0.15, -0.1) is 0 Å². The molecule has 0 aromatic rings. The Labute approximate surface area is 64.5 Å². The molecule has 0 N–H and O–H groups in total. The maximum atomic E-state index is 10.7. The van der Waals surface area contributed by atoms with Gasteiger partial charge in [0.1, 0.15) is 0 Å². The quantitative estimate of drug-likeness (QED) is 0.576. The van der Waals surface area contributed by atoms with E-state index in [1.54, 1.807) is 0 Å². The predicted molar refractivity (Wildman–Crippen MR) is 43.4 cm³/mol. The van der Waals surface area contributed by atoms with E-state index in [-0.39, 0.29) is 12.0 Å². The Morgan fingerprint density at radius 1 is 1.20 bits per heavy atom. The van der Waals surface area contributed by atoms with Gasteiger partial charge < -0.3 is 0 Å². The van der Waals surface area contributed by atoms with Crippen LogP contribution >= 0.6 is 0 Å². The molecule has 61 valence electrons. The summed E-state index contributed by atoms with van der Waals surface area (Å²) in [6.07, 6.45) is 2.26. The minimum absolute atomic E-state index is 0.00347. The third kappa shape index (κ3) is 2.30. The number of hydrogen-bond acceptors (Lipinski definition) is 0. The van der Waals surface area contributed by atoms with Crippen LogP contribution in [0.4, 0.5) is 0 Å². The molecule has 0 atom stereocenters. The molecule has 0 bridgehead atoms. The summed E-state index contributed by atoms with van der Waals surface area (Å²) in [7, 11) is 0. The maximum Gasteiger partial charge on any atom is 0.0875 e. The van der Waals surface area contributed by atoms with E-state index in [9.17, 15) is 5.11 Å². The van der Waals surface area contributed by atoms with Gasteiger partial charge in [-0.2, -0.15) is 0 Å². The van der Waals surface area contributed by atoms with E-state index in [4.69, 9.17) is 0 Å². The van der Waals surface area contributed by atoms with Gasteiger partial charge in [-0.1, -0.05) is 40.5 Å². The van der Waals surface area contributed by atoms with Crippen LogP contribution in [0.3, 0.4) is 0 Å². The average Bonchev–Trinajstić information content (AvgIpc) is 1.90. The van der Waals surface area contributed by atoms with E-state index in [1.165, 1.54) is 0 Å². The molecule has 1 nitrogen and oxygen atoms in total. The minimum atomic E-state index is 0.00347. The van der Waals surface area contributed by atoms with Gasteiger partial charge in [0.2, 0.25) is 0 Å². The molecule has 0 aliphatic heterocycles. The highest BCUT2D eigenvalue weighted by Crippen LogP contribution is 2.30. The Kier molecular flexibility index (Phi) is 3.95. The molecule has 0 saturated heterocycles. The first-order chi connectivity index (χ1) is 4.58. The molecule has 10 heavy (non-hydrogen) atoms. The van der Waals surface area contributed by atoms with Gasteiger partial charge >= 0.3 is 0 Å². The topological polar surface area (TPSA) is 19.9 Å². The zero-order valence-electron chi connectivity index (χ0n) is 7.61. The van der Waals surface area contributed by atoms with Crippen LogP contribution in [0.25, 0.3) is 0 Å². The molecular formula is C9H19O. The largest absolute Gasteiger partial charge is 0.236 e. The maximum absolute atomic E-state index is 10.7. The third-order valence-electron chi connectivity index (χ3n) is 2.46. The lowest BCUT2D eigenvalue weighted by Crippen LogP contribution is -2.26. The molecule has 0 rings (SSSR count). The van der Waals surface area contributed by atoms with Crippen molar-refractivity contribution in [3.63, 3.8) is 0 Å². The van der Waals surface area contributed by atoms with Gasteiger partial charge in [-0.25, -0.2) is 5.11 Å². The predicted octanol–water partition coefficient (Wildman–Crippen LogP) is 2.88. The van der Waals surface area contributed by atoms with Crippen LogP contribution in [0.1, 0.15) is 40.5 Å². The summed E-state index contributed by atoms with van der Waals surface area (Å²) in [6, 6.07) is 0. The monoisotopic (exact) mass is 143 g/mol. The molecule has 1 heteroatoms.